The topological polar surface area (TPSA) is 106 Å². The molecule has 0 bridgehead atoms. The van der Waals surface area contributed by atoms with Crippen LogP contribution in [0.4, 0.5) is 10.5 Å². The number of hydrogen-bond donors (Lipinski definition) is 3. The molecule has 2 unspecified atom stereocenters. The van der Waals surface area contributed by atoms with Crippen molar-refractivity contribution in [3.8, 4) is 11.5 Å². The van der Waals surface area contributed by atoms with Gasteiger partial charge in [0.05, 0.1) is 25.8 Å². The molecular formula is C31H36N2O6S. The number of carbonyl (C=O) groups is 2. The summed E-state index contributed by atoms with van der Waals surface area (Å²) >= 11 is 1.76. The normalized spacial score (nSPS) is 17.1. The minimum atomic E-state index is -1.13. The maximum absolute atomic E-state index is 12.3. The molecule has 0 fully saturated rings. The second kappa shape index (κ2) is 12.6. The number of carboxylic acid groups (broad SMARTS) is 1. The van der Waals surface area contributed by atoms with Crippen LogP contribution in [0.25, 0.3) is 0 Å². The van der Waals surface area contributed by atoms with Gasteiger partial charge in [-0.25, -0.2) is 9.59 Å². The van der Waals surface area contributed by atoms with Crippen LogP contribution in [0, 0.1) is 0 Å². The number of methoxy groups -OCH3 is 2. The molecule has 9 heteroatoms. The molecule has 40 heavy (non-hydrogen) atoms. The molecule has 3 aromatic rings. The molecule has 1 aliphatic heterocycles. The number of anilines is 1. The van der Waals surface area contributed by atoms with Gasteiger partial charge in [-0.15, -0.1) is 11.8 Å². The highest BCUT2D eigenvalue weighted by molar-refractivity contribution is 7.99. The highest BCUT2D eigenvalue weighted by atomic mass is 32.2. The first-order valence-electron chi connectivity index (χ1n) is 13.1. The van der Waals surface area contributed by atoms with E-state index in [0.717, 1.165) is 45.2 Å². The number of alkyl carbamates (subject to hydrolysis) is 1. The summed E-state index contributed by atoms with van der Waals surface area (Å²) < 4.78 is 16.7. The van der Waals surface area contributed by atoms with E-state index in [4.69, 9.17) is 14.2 Å². The van der Waals surface area contributed by atoms with Crippen LogP contribution in [0.15, 0.2) is 71.6 Å². The number of benzene rings is 3. The van der Waals surface area contributed by atoms with Crippen LogP contribution in [-0.2, 0) is 16.0 Å². The van der Waals surface area contributed by atoms with E-state index >= 15 is 0 Å². The smallest absolute Gasteiger partial charge is 0.408 e. The molecule has 4 rings (SSSR count). The van der Waals surface area contributed by atoms with E-state index in [2.05, 4.69) is 22.8 Å². The molecule has 1 amide bonds. The summed E-state index contributed by atoms with van der Waals surface area (Å²) in [5.74, 6) is 0.371. The van der Waals surface area contributed by atoms with Crippen LogP contribution < -0.4 is 20.1 Å². The minimum absolute atomic E-state index is 0.0558. The van der Waals surface area contributed by atoms with Gasteiger partial charge in [-0.1, -0.05) is 36.4 Å². The van der Waals surface area contributed by atoms with E-state index in [1.54, 1.807) is 46.8 Å². The summed E-state index contributed by atoms with van der Waals surface area (Å²) in [7, 11) is 3.31. The monoisotopic (exact) mass is 564 g/mol. The SMILES string of the molecule is COc1cccc(OC)c1C1CC(Sc2ccccc2)c2cc(C[C@H](NC(=O)OC(C)(C)C)C(=O)O)ccc2N1. The second-order valence-corrected chi connectivity index (χ2v) is 11.9. The number of nitrogens with one attached hydrogen (secondary N) is 2. The molecule has 1 aliphatic rings. The van der Waals surface area contributed by atoms with Crippen molar-refractivity contribution in [3.63, 3.8) is 0 Å². The molecule has 3 aromatic carbocycles. The quantitative estimate of drug-likeness (QED) is 0.266. The Bertz CT molecular complexity index is 1320. The molecule has 0 saturated heterocycles. The summed E-state index contributed by atoms with van der Waals surface area (Å²) in [4.78, 5) is 25.4. The maximum atomic E-state index is 12.3. The number of aliphatic carboxylic acids is 1. The van der Waals surface area contributed by atoms with Gasteiger partial charge in [0.15, 0.2) is 0 Å². The molecule has 0 saturated carbocycles. The van der Waals surface area contributed by atoms with Crippen molar-refractivity contribution in [1.82, 2.24) is 5.32 Å². The van der Waals surface area contributed by atoms with Gasteiger partial charge in [0.1, 0.15) is 23.1 Å². The number of hydrogen-bond acceptors (Lipinski definition) is 7. The van der Waals surface area contributed by atoms with E-state index < -0.39 is 23.7 Å². The number of thioether (sulfide) groups is 1. The van der Waals surface area contributed by atoms with Gasteiger partial charge in [0.2, 0.25) is 0 Å². The third kappa shape index (κ3) is 7.21. The van der Waals surface area contributed by atoms with Crippen LogP contribution in [0.2, 0.25) is 0 Å². The Labute approximate surface area is 239 Å². The Hall–Kier alpha value is -3.85. The largest absolute Gasteiger partial charge is 0.496 e. The van der Waals surface area contributed by atoms with E-state index in [1.165, 1.54) is 0 Å². The van der Waals surface area contributed by atoms with Gasteiger partial charge in [-0.3, -0.25) is 0 Å². The fourth-order valence-electron chi connectivity index (χ4n) is 4.80. The van der Waals surface area contributed by atoms with E-state index in [0.29, 0.717) is 0 Å². The number of fused-ring (bicyclic) bond motifs is 1. The number of amides is 1. The van der Waals surface area contributed by atoms with Crippen molar-refractivity contribution in [2.24, 2.45) is 0 Å². The molecule has 0 spiro atoms. The molecule has 0 radical (unpaired) electrons. The Balaban J connectivity index is 1.66. The molecule has 1 heterocycles. The Kier molecular flexibility index (Phi) is 9.14. The zero-order valence-corrected chi connectivity index (χ0v) is 24.2. The van der Waals surface area contributed by atoms with Crippen molar-refractivity contribution < 1.29 is 28.9 Å². The summed E-state index contributed by atoms with van der Waals surface area (Å²) in [5, 5.41) is 16.0. The lowest BCUT2D eigenvalue weighted by molar-refractivity contribution is -0.139. The fraction of sp³-hybridized carbons (Fsp3) is 0.355. The third-order valence-electron chi connectivity index (χ3n) is 6.51. The van der Waals surface area contributed by atoms with Gasteiger partial charge >= 0.3 is 12.1 Å². The van der Waals surface area contributed by atoms with E-state index in [1.807, 2.05) is 54.6 Å². The van der Waals surface area contributed by atoms with Crippen LogP contribution in [-0.4, -0.2) is 43.0 Å². The maximum Gasteiger partial charge on any atom is 0.408 e. The molecule has 3 atom stereocenters. The lowest BCUT2D eigenvalue weighted by Crippen LogP contribution is -2.44. The van der Waals surface area contributed by atoms with Gasteiger partial charge in [-0.05, 0) is 68.7 Å². The van der Waals surface area contributed by atoms with Crippen molar-refractivity contribution in [3.05, 3.63) is 83.4 Å². The zero-order valence-electron chi connectivity index (χ0n) is 23.4. The van der Waals surface area contributed by atoms with Gasteiger partial charge in [0.25, 0.3) is 0 Å². The lowest BCUT2D eigenvalue weighted by atomic mass is 9.90. The van der Waals surface area contributed by atoms with Crippen molar-refractivity contribution in [2.75, 3.05) is 19.5 Å². The first kappa shape index (κ1) is 29.1. The summed E-state index contributed by atoms with van der Waals surface area (Å²) in [6.07, 6.45) is 0.102. The van der Waals surface area contributed by atoms with Crippen molar-refractivity contribution in [1.29, 1.82) is 0 Å². The number of carboxylic acids is 1. The second-order valence-electron chi connectivity index (χ2n) is 10.6. The van der Waals surface area contributed by atoms with Crippen LogP contribution >= 0.6 is 11.8 Å². The van der Waals surface area contributed by atoms with Crippen molar-refractivity contribution in [2.45, 2.75) is 61.4 Å². The van der Waals surface area contributed by atoms with Gasteiger partial charge < -0.3 is 30.0 Å². The fourth-order valence-corrected chi connectivity index (χ4v) is 6.05. The average Bonchev–Trinajstić information content (AvgIpc) is 2.91. The average molecular weight is 565 g/mol. The standard InChI is InChI=1S/C31H36N2O6S/c1-31(2,3)39-30(36)33-24(29(34)35)17-19-14-15-22-21(16-19)27(40-20-10-7-6-8-11-20)18-23(32-22)28-25(37-4)12-9-13-26(28)38-5/h6-16,23-24,27,32H,17-18H2,1-5H3,(H,33,36)(H,34,35)/t23?,24-,27?/m0/s1. The van der Waals surface area contributed by atoms with Crippen LogP contribution in [0.5, 0.6) is 11.5 Å². The predicted molar refractivity (Wildman–Crippen MR) is 157 cm³/mol. The summed E-state index contributed by atoms with van der Waals surface area (Å²) in [6.45, 7) is 5.20. The minimum Gasteiger partial charge on any atom is -0.496 e. The molecule has 8 nitrogen and oxygen atoms in total. The Morgan fingerprint density at radius 2 is 1.70 bits per heavy atom. The van der Waals surface area contributed by atoms with Gasteiger partial charge in [-0.2, -0.15) is 0 Å². The highest BCUT2D eigenvalue weighted by Gasteiger charge is 2.33. The first-order valence-corrected chi connectivity index (χ1v) is 14.0. The van der Waals surface area contributed by atoms with Gasteiger partial charge in [0, 0.05) is 22.3 Å². The first-order chi connectivity index (χ1) is 19.1. The molecule has 0 aliphatic carbocycles. The molecule has 0 aromatic heterocycles. The number of rotatable bonds is 9. The Morgan fingerprint density at radius 3 is 2.30 bits per heavy atom. The number of carbonyl (C=O) groups excluding carboxylic acids is 1. The summed E-state index contributed by atoms with van der Waals surface area (Å²) in [6, 6.07) is 20.7. The van der Waals surface area contributed by atoms with E-state index in [9.17, 15) is 14.7 Å². The third-order valence-corrected chi connectivity index (χ3v) is 7.78. The number of ether oxygens (including phenoxy) is 3. The molecular weight excluding hydrogens is 528 g/mol. The highest BCUT2D eigenvalue weighted by Crippen LogP contribution is 2.51. The molecule has 212 valence electrons. The molecule has 3 N–H and O–H groups in total. The lowest BCUT2D eigenvalue weighted by Gasteiger charge is -2.35. The van der Waals surface area contributed by atoms with E-state index in [-0.39, 0.29) is 17.7 Å². The zero-order chi connectivity index (χ0) is 28.9. The van der Waals surface area contributed by atoms with Crippen LogP contribution in [0.3, 0.4) is 0 Å². The summed E-state index contributed by atoms with van der Waals surface area (Å²) in [5.41, 5.74) is 3.04. The van der Waals surface area contributed by atoms with Crippen molar-refractivity contribution >= 4 is 29.5 Å². The predicted octanol–water partition coefficient (Wildman–Crippen LogP) is 6.61. The Morgan fingerprint density at radius 1 is 1.02 bits per heavy atom. The van der Waals surface area contributed by atoms with Crippen LogP contribution in [0.1, 0.15) is 55.2 Å².